The van der Waals surface area contributed by atoms with Crippen LogP contribution in [-0.2, 0) is 19.2 Å². The lowest BCUT2D eigenvalue weighted by atomic mass is 9.38. The van der Waals surface area contributed by atoms with Crippen LogP contribution in [0.3, 0.4) is 0 Å². The smallest absolute Gasteiger partial charge is 0.307 e. The highest BCUT2D eigenvalue weighted by atomic mass is 16.4. The van der Waals surface area contributed by atoms with Crippen molar-refractivity contribution in [1.29, 1.82) is 0 Å². The normalized spacial score (nSPS) is 27.4. The van der Waals surface area contributed by atoms with E-state index in [1.165, 1.54) is 51.4 Å². The third kappa shape index (κ3) is 12.7. The number of carboxylic acid groups (broad SMARTS) is 4. The maximum atomic E-state index is 10.6. The summed E-state index contributed by atoms with van der Waals surface area (Å²) in [6.45, 7) is 45.5. The number of nitrogens with one attached hydrogen (secondary N) is 4. The first-order chi connectivity index (χ1) is 26.6. The first-order valence-electron chi connectivity index (χ1n) is 22.6. The molecule has 0 radical (unpaired) electrons. The van der Waals surface area contributed by atoms with Gasteiger partial charge in [-0.1, -0.05) is 13.8 Å². The second-order valence-electron chi connectivity index (χ2n) is 25.6. The first-order valence-corrected chi connectivity index (χ1v) is 22.6. The van der Waals surface area contributed by atoms with Crippen molar-refractivity contribution in [2.75, 3.05) is 0 Å². The predicted octanol–water partition coefficient (Wildman–Crippen LogP) is 8.56. The molecular formula is C48H88N4O8. The van der Waals surface area contributed by atoms with Crippen LogP contribution in [0.4, 0.5) is 0 Å². The molecule has 4 aliphatic rings. The van der Waals surface area contributed by atoms with Crippen molar-refractivity contribution in [3.63, 3.8) is 0 Å². The lowest BCUT2D eigenvalue weighted by Crippen LogP contribution is -2.71. The Hall–Kier alpha value is -2.28. The van der Waals surface area contributed by atoms with Crippen LogP contribution < -0.4 is 21.3 Å². The average Bonchev–Trinajstić information content (AvgIpc) is 2.95. The monoisotopic (exact) mass is 849 g/mol. The molecule has 0 aromatic heterocycles. The average molecular weight is 849 g/mol. The lowest BCUT2D eigenvalue weighted by Gasteiger charge is -2.70. The van der Waals surface area contributed by atoms with E-state index in [0.29, 0.717) is 23.7 Å². The number of hydrogen-bond donors (Lipinski definition) is 8. The molecule has 0 aromatic rings. The van der Waals surface area contributed by atoms with Gasteiger partial charge in [0.05, 0.1) is 24.7 Å². The Labute approximate surface area is 363 Å². The van der Waals surface area contributed by atoms with Crippen LogP contribution in [0.5, 0.6) is 0 Å². The Morgan fingerprint density at radius 1 is 0.400 bits per heavy atom. The van der Waals surface area contributed by atoms with Gasteiger partial charge in [-0.2, -0.15) is 0 Å². The Bertz CT molecular complexity index is 1340. The number of carbonyl (C=O) groups is 4. The Morgan fingerprint density at radius 3 is 0.667 bits per heavy atom. The van der Waals surface area contributed by atoms with Crippen LogP contribution in [0.1, 0.15) is 189 Å². The van der Waals surface area contributed by atoms with Gasteiger partial charge in [-0.15, -0.1) is 0 Å². The molecule has 12 nitrogen and oxygen atoms in total. The fourth-order valence-electron chi connectivity index (χ4n) is 14.6. The molecule has 0 bridgehead atoms. The summed E-state index contributed by atoms with van der Waals surface area (Å²) in [5, 5.41) is 50.5. The molecule has 2 atom stereocenters. The summed E-state index contributed by atoms with van der Waals surface area (Å²) in [6, 6.07) is 0. The van der Waals surface area contributed by atoms with Crippen molar-refractivity contribution in [2.45, 2.75) is 233 Å². The Balaban J connectivity index is 0.000000508. The van der Waals surface area contributed by atoms with Gasteiger partial charge in [0.2, 0.25) is 0 Å². The van der Waals surface area contributed by atoms with Crippen LogP contribution in [0.15, 0.2) is 0 Å². The van der Waals surface area contributed by atoms with Crippen molar-refractivity contribution < 1.29 is 39.6 Å². The van der Waals surface area contributed by atoms with E-state index < -0.39 is 48.6 Å². The molecule has 4 aliphatic heterocycles. The van der Waals surface area contributed by atoms with Crippen LogP contribution in [-0.4, -0.2) is 88.6 Å². The Morgan fingerprint density at radius 2 is 0.550 bits per heavy atom. The topological polar surface area (TPSA) is 197 Å². The summed E-state index contributed by atoms with van der Waals surface area (Å²) in [6.07, 6.45) is 8.16. The van der Waals surface area contributed by atoms with Crippen molar-refractivity contribution in [3.8, 4) is 0 Å². The molecule has 8 N–H and O–H groups in total. The van der Waals surface area contributed by atoms with Gasteiger partial charge in [-0.25, -0.2) is 0 Å². The minimum Gasteiger partial charge on any atom is -0.481 e. The molecule has 4 saturated heterocycles. The lowest BCUT2D eigenvalue weighted by molar-refractivity contribution is -0.190. The second-order valence-corrected chi connectivity index (χ2v) is 25.6. The third-order valence-corrected chi connectivity index (χ3v) is 15.2. The molecule has 4 heterocycles. The quantitative estimate of drug-likeness (QED) is 0.0933. The van der Waals surface area contributed by atoms with Crippen LogP contribution >= 0.6 is 0 Å². The summed E-state index contributed by atoms with van der Waals surface area (Å²) < 4.78 is 0. The number of piperidine rings is 4. The largest absolute Gasteiger partial charge is 0.481 e. The Kier molecular flexibility index (Phi) is 14.8. The van der Waals surface area contributed by atoms with Crippen LogP contribution in [0, 0.1) is 46.3 Å². The standard InChI is InChI=1S/C40H78N4.C8H10O8/c1-31(2)19-27(20-32(3,4)41-31)39(17,28-21-33(5,6)42-34(7,8)22-28)40(18,29-23-35(9,10)43-36(11,12)24-29)30-25-37(13,14)44-38(15,16)26-30;9-5(10)1-3(7(13)14)4(8(15)16)2-6(11)12/h27-30,41-44H,19-26H2,1-18H3;3-4H,1-2H2,(H,9,10)(H,11,12)(H,13,14)(H,15,16). The molecule has 4 rings (SSSR count). The number of carboxylic acids is 4. The third-order valence-electron chi connectivity index (χ3n) is 15.2. The van der Waals surface area contributed by atoms with E-state index in [9.17, 15) is 19.2 Å². The molecule has 0 aliphatic carbocycles. The molecule has 12 heteroatoms. The fourth-order valence-corrected chi connectivity index (χ4v) is 14.6. The van der Waals surface area contributed by atoms with E-state index in [1.54, 1.807) is 0 Å². The van der Waals surface area contributed by atoms with Gasteiger partial charge in [0.1, 0.15) is 0 Å². The first kappa shape index (κ1) is 52.1. The van der Waals surface area contributed by atoms with Gasteiger partial charge in [0, 0.05) is 44.3 Å². The van der Waals surface area contributed by atoms with E-state index in [4.69, 9.17) is 20.4 Å². The maximum Gasteiger partial charge on any atom is 0.307 e. The van der Waals surface area contributed by atoms with Gasteiger partial charge >= 0.3 is 23.9 Å². The van der Waals surface area contributed by atoms with Crippen LogP contribution in [0.2, 0.25) is 0 Å². The molecule has 348 valence electrons. The predicted molar refractivity (Wildman–Crippen MR) is 239 cm³/mol. The number of rotatable bonds is 12. The number of aliphatic carboxylic acids is 4. The van der Waals surface area contributed by atoms with Crippen molar-refractivity contribution in [3.05, 3.63) is 0 Å². The van der Waals surface area contributed by atoms with Crippen molar-refractivity contribution in [2.24, 2.45) is 46.3 Å². The van der Waals surface area contributed by atoms with E-state index in [1.807, 2.05) is 0 Å². The van der Waals surface area contributed by atoms with E-state index in [2.05, 4.69) is 146 Å². The van der Waals surface area contributed by atoms with Crippen molar-refractivity contribution >= 4 is 23.9 Å². The summed E-state index contributed by atoms with van der Waals surface area (Å²) in [4.78, 5) is 41.9. The molecule has 0 saturated carbocycles. The zero-order valence-electron chi connectivity index (χ0n) is 41.0. The second kappa shape index (κ2) is 17.0. The van der Waals surface area contributed by atoms with E-state index in [0.717, 1.165) is 0 Å². The van der Waals surface area contributed by atoms with Gasteiger partial charge in [-0.05, 0) is 197 Å². The zero-order chi connectivity index (χ0) is 46.7. The van der Waals surface area contributed by atoms with Gasteiger partial charge < -0.3 is 41.7 Å². The molecule has 0 spiro atoms. The highest BCUT2D eigenvalue weighted by molar-refractivity contribution is 5.86. The maximum absolute atomic E-state index is 10.6. The number of hydrogen-bond acceptors (Lipinski definition) is 8. The highest BCUT2D eigenvalue weighted by Crippen LogP contribution is 2.69. The van der Waals surface area contributed by atoms with Gasteiger partial charge in [0.15, 0.2) is 0 Å². The minimum absolute atomic E-state index is 0.117. The fraction of sp³-hybridized carbons (Fsp3) is 0.917. The summed E-state index contributed by atoms with van der Waals surface area (Å²) in [5.41, 5.74) is 1.27. The molecule has 2 unspecified atom stereocenters. The molecule has 60 heavy (non-hydrogen) atoms. The van der Waals surface area contributed by atoms with Crippen molar-refractivity contribution in [1.82, 2.24) is 21.3 Å². The highest BCUT2D eigenvalue weighted by Gasteiger charge is 2.66. The van der Waals surface area contributed by atoms with Gasteiger partial charge in [0.25, 0.3) is 0 Å². The minimum atomic E-state index is -1.76. The summed E-state index contributed by atoms with van der Waals surface area (Å²) >= 11 is 0. The zero-order valence-corrected chi connectivity index (χ0v) is 41.0. The molecule has 4 fully saturated rings. The van der Waals surface area contributed by atoms with E-state index in [-0.39, 0.29) is 55.1 Å². The van der Waals surface area contributed by atoms with Gasteiger partial charge in [-0.3, -0.25) is 19.2 Å². The SMILES string of the molecule is CC1(C)CC(C(C)(C2CC(C)(C)NC(C)(C)C2)C(C)(C2CC(C)(C)NC(C)(C)C2)C2CC(C)(C)NC(C)(C)C2)CC(C)(C)N1.O=C(O)CC(C(=O)O)C(CC(=O)O)C(=O)O. The molecule has 0 amide bonds. The molecular weight excluding hydrogens is 761 g/mol. The summed E-state index contributed by atoms with van der Waals surface area (Å²) in [5.74, 6) is -7.20. The summed E-state index contributed by atoms with van der Waals surface area (Å²) in [7, 11) is 0. The molecule has 0 aromatic carbocycles. The van der Waals surface area contributed by atoms with E-state index >= 15 is 0 Å². The van der Waals surface area contributed by atoms with Crippen LogP contribution in [0.25, 0.3) is 0 Å².